The zero-order valence-electron chi connectivity index (χ0n) is 16.8. The van der Waals surface area contributed by atoms with Gasteiger partial charge in [-0.2, -0.15) is 5.26 Å². The van der Waals surface area contributed by atoms with Crippen LogP contribution in [0.15, 0.2) is 60.3 Å². The minimum absolute atomic E-state index is 0.0709. The number of H-pyrrole nitrogens is 2. The maximum Gasteiger partial charge on any atom is 0.262 e. The topological polar surface area (TPSA) is 144 Å². The van der Waals surface area contributed by atoms with Crippen molar-refractivity contribution in [2.75, 3.05) is 0 Å². The molecule has 0 bridgehead atoms. The molecule has 3 aromatic rings. The lowest BCUT2D eigenvalue weighted by Crippen LogP contribution is -2.25. The third-order valence-electron chi connectivity index (χ3n) is 4.21. The average Bonchev–Trinajstić information content (AvgIpc) is 3.52. The number of hydrogen-bond donors (Lipinski definition) is 4. The van der Waals surface area contributed by atoms with Gasteiger partial charge in [0, 0.05) is 44.0 Å². The first kappa shape index (κ1) is 21.7. The standard InChI is InChI=1S/C22H18N8O2/c1-24-18(11-20-27-7-8-28-20)22(32)30-14-16-4-2-3-15(9-16)13-29-21(31)17(12-23)10-19-25-5-6-26-19/h2-11H,13-14H2,(H,25,26)(H,27,28)(H,29,31)(H,30,32). The molecule has 0 aliphatic carbocycles. The third-order valence-corrected chi connectivity index (χ3v) is 4.21. The number of nitriles is 1. The Kier molecular flexibility index (Phi) is 7.28. The van der Waals surface area contributed by atoms with Gasteiger partial charge in [0.1, 0.15) is 23.3 Å². The van der Waals surface area contributed by atoms with Gasteiger partial charge < -0.3 is 20.6 Å². The number of nitrogens with one attached hydrogen (secondary N) is 4. The van der Waals surface area contributed by atoms with E-state index in [1.807, 2.05) is 24.3 Å². The molecular weight excluding hydrogens is 408 g/mol. The molecule has 0 atom stereocenters. The Morgan fingerprint density at radius 2 is 1.62 bits per heavy atom. The smallest absolute Gasteiger partial charge is 0.262 e. The summed E-state index contributed by atoms with van der Waals surface area (Å²) in [7, 11) is 0. The molecule has 0 unspecified atom stereocenters. The number of aromatic nitrogens is 4. The molecule has 10 heteroatoms. The van der Waals surface area contributed by atoms with Crippen molar-refractivity contribution in [2.24, 2.45) is 0 Å². The van der Waals surface area contributed by atoms with Crippen molar-refractivity contribution in [2.45, 2.75) is 13.1 Å². The first-order chi connectivity index (χ1) is 15.6. The van der Waals surface area contributed by atoms with Crippen LogP contribution in [-0.2, 0) is 22.7 Å². The molecule has 0 radical (unpaired) electrons. The predicted molar refractivity (Wildman–Crippen MR) is 115 cm³/mol. The summed E-state index contributed by atoms with van der Waals surface area (Å²) in [5.74, 6) is -0.208. The van der Waals surface area contributed by atoms with Crippen LogP contribution in [0.5, 0.6) is 0 Å². The van der Waals surface area contributed by atoms with Crippen molar-refractivity contribution in [3.8, 4) is 6.07 Å². The molecular formula is C22H18N8O2. The highest BCUT2D eigenvalue weighted by Gasteiger charge is 2.11. The fraction of sp³-hybridized carbons (Fsp3) is 0.0909. The Morgan fingerprint density at radius 1 is 1.03 bits per heavy atom. The Morgan fingerprint density at radius 3 is 2.16 bits per heavy atom. The predicted octanol–water partition coefficient (Wildman–Crippen LogP) is 1.93. The Labute approximate surface area is 183 Å². The van der Waals surface area contributed by atoms with Crippen LogP contribution in [0.2, 0.25) is 0 Å². The molecule has 0 saturated carbocycles. The maximum atomic E-state index is 12.3. The largest absolute Gasteiger partial charge is 0.357 e. The second-order valence-corrected chi connectivity index (χ2v) is 6.45. The summed E-state index contributed by atoms with van der Waals surface area (Å²) in [6, 6.07) is 9.10. The molecule has 2 aromatic heterocycles. The van der Waals surface area contributed by atoms with Crippen LogP contribution in [0, 0.1) is 17.9 Å². The van der Waals surface area contributed by atoms with E-state index in [4.69, 9.17) is 6.57 Å². The molecule has 32 heavy (non-hydrogen) atoms. The lowest BCUT2D eigenvalue weighted by Gasteiger charge is -2.08. The van der Waals surface area contributed by atoms with E-state index in [9.17, 15) is 14.9 Å². The highest BCUT2D eigenvalue weighted by molar-refractivity contribution is 6.01. The van der Waals surface area contributed by atoms with E-state index < -0.39 is 11.8 Å². The molecule has 158 valence electrons. The molecule has 2 heterocycles. The van der Waals surface area contributed by atoms with E-state index in [-0.39, 0.29) is 24.4 Å². The van der Waals surface area contributed by atoms with Crippen LogP contribution >= 0.6 is 0 Å². The number of hydrogen-bond acceptors (Lipinski definition) is 5. The second-order valence-electron chi connectivity index (χ2n) is 6.45. The minimum atomic E-state index is -0.521. The zero-order valence-corrected chi connectivity index (χ0v) is 16.8. The molecule has 4 N–H and O–H groups in total. The second kappa shape index (κ2) is 10.7. The van der Waals surface area contributed by atoms with Gasteiger partial charge in [0.15, 0.2) is 0 Å². The van der Waals surface area contributed by atoms with Gasteiger partial charge in [0.05, 0.1) is 6.57 Å². The summed E-state index contributed by atoms with van der Waals surface area (Å²) in [4.78, 5) is 41.3. The maximum absolute atomic E-state index is 12.3. The van der Waals surface area contributed by atoms with Gasteiger partial charge in [-0.15, -0.1) is 0 Å². The number of carbonyl (C=O) groups excluding carboxylic acids is 2. The van der Waals surface area contributed by atoms with Crippen LogP contribution in [0.4, 0.5) is 0 Å². The highest BCUT2D eigenvalue weighted by atomic mass is 16.2. The number of benzene rings is 1. The average molecular weight is 426 g/mol. The summed E-state index contributed by atoms with van der Waals surface area (Å²) in [6.45, 7) is 7.60. The molecule has 1 aromatic carbocycles. The Bertz CT molecular complexity index is 1130. The third kappa shape index (κ3) is 6.02. The molecule has 0 fully saturated rings. The molecule has 0 aliphatic heterocycles. The number of nitrogens with zero attached hydrogens (tertiary/aromatic N) is 4. The van der Waals surface area contributed by atoms with Crippen molar-refractivity contribution < 1.29 is 9.59 Å². The van der Waals surface area contributed by atoms with E-state index in [0.29, 0.717) is 11.6 Å². The van der Waals surface area contributed by atoms with Gasteiger partial charge in [0.2, 0.25) is 0 Å². The first-order valence-corrected chi connectivity index (χ1v) is 9.43. The van der Waals surface area contributed by atoms with E-state index in [1.54, 1.807) is 18.5 Å². The fourth-order valence-corrected chi connectivity index (χ4v) is 2.68. The highest BCUT2D eigenvalue weighted by Crippen LogP contribution is 2.08. The monoisotopic (exact) mass is 426 g/mol. The van der Waals surface area contributed by atoms with Crippen molar-refractivity contribution in [1.82, 2.24) is 30.6 Å². The summed E-state index contributed by atoms with van der Waals surface area (Å²) in [5, 5.41) is 14.6. The SMILES string of the molecule is [C-]#[N+]C(=Cc1ncc[nH]1)C(=O)NCc1cccc(CNC(=O)C(C#N)=Cc2ncc[nH]2)c1. The van der Waals surface area contributed by atoms with Crippen LogP contribution in [0.1, 0.15) is 22.8 Å². The van der Waals surface area contributed by atoms with Gasteiger partial charge >= 0.3 is 0 Å². The molecule has 2 amide bonds. The normalized spacial score (nSPS) is 11.3. The molecule has 0 aliphatic rings. The molecule has 3 rings (SSSR count). The number of rotatable bonds is 8. The van der Waals surface area contributed by atoms with Crippen molar-refractivity contribution in [1.29, 1.82) is 5.26 Å². The van der Waals surface area contributed by atoms with E-state index in [0.717, 1.165) is 11.1 Å². The van der Waals surface area contributed by atoms with Gasteiger partial charge in [-0.1, -0.05) is 24.3 Å². The van der Waals surface area contributed by atoms with Crippen molar-refractivity contribution in [3.63, 3.8) is 0 Å². The van der Waals surface area contributed by atoms with Gasteiger partial charge in [-0.05, 0) is 17.2 Å². The number of carbonyl (C=O) groups is 2. The summed E-state index contributed by atoms with van der Waals surface area (Å²) < 4.78 is 0. The Balaban J connectivity index is 1.57. The molecule has 0 saturated heterocycles. The van der Waals surface area contributed by atoms with Crippen LogP contribution in [-0.4, -0.2) is 31.8 Å². The van der Waals surface area contributed by atoms with E-state index >= 15 is 0 Å². The van der Waals surface area contributed by atoms with Gasteiger partial charge in [-0.25, -0.2) is 14.8 Å². The van der Waals surface area contributed by atoms with Gasteiger partial charge in [0.25, 0.3) is 17.5 Å². The first-order valence-electron chi connectivity index (χ1n) is 9.43. The van der Waals surface area contributed by atoms with Crippen molar-refractivity contribution >= 4 is 24.0 Å². The van der Waals surface area contributed by atoms with E-state index in [2.05, 4.69) is 35.4 Å². The van der Waals surface area contributed by atoms with Crippen LogP contribution in [0.25, 0.3) is 17.0 Å². The van der Waals surface area contributed by atoms with Gasteiger partial charge in [-0.3, -0.25) is 9.59 Å². The number of amides is 2. The summed E-state index contributed by atoms with van der Waals surface area (Å²) >= 11 is 0. The van der Waals surface area contributed by atoms with E-state index in [1.165, 1.54) is 24.5 Å². The quantitative estimate of drug-likeness (QED) is 0.247. The van der Waals surface area contributed by atoms with Crippen LogP contribution < -0.4 is 10.6 Å². The molecule has 0 spiro atoms. The minimum Gasteiger partial charge on any atom is -0.357 e. The van der Waals surface area contributed by atoms with Crippen LogP contribution in [0.3, 0.4) is 0 Å². The number of aromatic amines is 2. The summed E-state index contributed by atoms with van der Waals surface area (Å²) in [6.07, 6.45) is 8.99. The zero-order chi connectivity index (χ0) is 22.8. The Hall–Kier alpha value is -4.96. The number of imidazole rings is 2. The lowest BCUT2D eigenvalue weighted by molar-refractivity contribution is -0.118. The lowest BCUT2D eigenvalue weighted by atomic mass is 10.1. The summed E-state index contributed by atoms with van der Waals surface area (Å²) in [5.41, 5.74) is 1.42. The van der Waals surface area contributed by atoms with Crippen molar-refractivity contribution in [3.05, 3.63) is 94.5 Å². The fourth-order valence-electron chi connectivity index (χ4n) is 2.68. The molecule has 10 nitrogen and oxygen atoms in total.